The van der Waals surface area contributed by atoms with E-state index >= 15 is 0 Å². The van der Waals surface area contributed by atoms with E-state index in [9.17, 15) is 4.79 Å². The zero-order chi connectivity index (χ0) is 12.4. The molecule has 0 saturated carbocycles. The maximum absolute atomic E-state index is 11.1. The lowest BCUT2D eigenvalue weighted by Gasteiger charge is -2.00. The van der Waals surface area contributed by atoms with Gasteiger partial charge in [0.2, 0.25) is 0 Å². The minimum absolute atomic E-state index is 0.265. The molecule has 2 rings (SSSR count). The molecule has 0 atom stereocenters. The summed E-state index contributed by atoms with van der Waals surface area (Å²) in [6, 6.07) is 7.81. The van der Waals surface area contributed by atoms with Gasteiger partial charge in [-0.1, -0.05) is 42.5 Å². The Labute approximate surface area is 111 Å². The summed E-state index contributed by atoms with van der Waals surface area (Å²) in [5.41, 5.74) is 2.58. The Kier molecular flexibility index (Phi) is 3.59. The van der Waals surface area contributed by atoms with Crippen LogP contribution in [0.25, 0.3) is 11.3 Å². The smallest absolute Gasteiger partial charge is 0.348 e. The summed E-state index contributed by atoms with van der Waals surface area (Å²) in [5.74, 6) is -0.942. The molecule has 0 spiro atoms. The standard InChI is InChI=1S/C12H10BrNO2S/c1-2-7-3-5-8(6-4-7)9-10(11(15)16)17-12(13)14-9/h3-6H,2H2,1H3,(H,15,16). The zero-order valence-corrected chi connectivity index (χ0v) is 11.5. The normalized spacial score (nSPS) is 10.5. The largest absolute Gasteiger partial charge is 0.477 e. The van der Waals surface area contributed by atoms with Gasteiger partial charge >= 0.3 is 5.97 Å². The molecule has 1 aromatic carbocycles. The molecule has 0 bridgehead atoms. The van der Waals surface area contributed by atoms with Crippen LogP contribution in [0.4, 0.5) is 0 Å². The summed E-state index contributed by atoms with van der Waals surface area (Å²) in [7, 11) is 0. The summed E-state index contributed by atoms with van der Waals surface area (Å²) in [5, 5.41) is 9.09. The van der Waals surface area contributed by atoms with Gasteiger partial charge in [0, 0.05) is 5.56 Å². The van der Waals surface area contributed by atoms with Crippen LogP contribution < -0.4 is 0 Å². The molecule has 1 aromatic heterocycles. The molecule has 17 heavy (non-hydrogen) atoms. The minimum atomic E-state index is -0.942. The number of aromatic carboxylic acids is 1. The zero-order valence-electron chi connectivity index (χ0n) is 9.11. The van der Waals surface area contributed by atoms with Crippen molar-refractivity contribution in [1.29, 1.82) is 0 Å². The van der Waals surface area contributed by atoms with Crippen LogP contribution in [-0.4, -0.2) is 16.1 Å². The third-order valence-corrected chi connectivity index (χ3v) is 3.93. The first-order chi connectivity index (χ1) is 8.11. The van der Waals surface area contributed by atoms with E-state index in [0.29, 0.717) is 9.61 Å². The number of nitrogens with zero attached hydrogens (tertiary/aromatic N) is 1. The lowest BCUT2D eigenvalue weighted by atomic mass is 10.1. The molecule has 0 unspecified atom stereocenters. The third kappa shape index (κ3) is 2.56. The highest BCUT2D eigenvalue weighted by molar-refractivity contribution is 9.11. The molecule has 5 heteroatoms. The van der Waals surface area contributed by atoms with Crippen LogP contribution in [0.5, 0.6) is 0 Å². The summed E-state index contributed by atoms with van der Waals surface area (Å²) in [6.45, 7) is 2.08. The summed E-state index contributed by atoms with van der Waals surface area (Å²) in [6.07, 6.45) is 0.965. The number of carbonyl (C=O) groups is 1. The first-order valence-electron chi connectivity index (χ1n) is 5.10. The van der Waals surface area contributed by atoms with Gasteiger partial charge in [0.1, 0.15) is 4.88 Å². The van der Waals surface area contributed by atoms with Gasteiger partial charge in [0.05, 0.1) is 5.69 Å². The topological polar surface area (TPSA) is 50.2 Å². The Morgan fingerprint density at radius 1 is 1.41 bits per heavy atom. The van der Waals surface area contributed by atoms with Gasteiger partial charge in [-0.3, -0.25) is 0 Å². The van der Waals surface area contributed by atoms with Gasteiger partial charge in [0.25, 0.3) is 0 Å². The van der Waals surface area contributed by atoms with Crippen LogP contribution in [0.1, 0.15) is 22.2 Å². The quantitative estimate of drug-likeness (QED) is 0.937. The molecule has 0 saturated heterocycles. The van der Waals surface area contributed by atoms with Crippen molar-refractivity contribution >= 4 is 33.2 Å². The third-order valence-electron chi connectivity index (χ3n) is 2.43. The number of benzene rings is 1. The fourth-order valence-corrected chi connectivity index (χ4v) is 2.85. The van der Waals surface area contributed by atoms with Gasteiger partial charge in [-0.2, -0.15) is 0 Å². The number of hydrogen-bond acceptors (Lipinski definition) is 3. The van der Waals surface area contributed by atoms with Gasteiger partial charge in [-0.25, -0.2) is 9.78 Å². The molecule has 0 amide bonds. The number of carboxylic acids is 1. The maximum Gasteiger partial charge on any atom is 0.348 e. The van der Waals surface area contributed by atoms with E-state index in [1.807, 2.05) is 24.3 Å². The number of thiazole rings is 1. The second-order valence-electron chi connectivity index (χ2n) is 3.50. The molecule has 0 aliphatic rings. The fourth-order valence-electron chi connectivity index (χ4n) is 1.53. The first kappa shape index (κ1) is 12.3. The number of hydrogen-bond donors (Lipinski definition) is 1. The van der Waals surface area contributed by atoms with E-state index in [0.717, 1.165) is 23.3 Å². The van der Waals surface area contributed by atoms with Crippen LogP contribution in [0.3, 0.4) is 0 Å². The summed E-state index contributed by atoms with van der Waals surface area (Å²) >= 11 is 4.35. The average Bonchev–Trinajstić information content (AvgIpc) is 2.72. The van der Waals surface area contributed by atoms with Crippen molar-refractivity contribution < 1.29 is 9.90 Å². The lowest BCUT2D eigenvalue weighted by Crippen LogP contribution is -1.95. The highest BCUT2D eigenvalue weighted by Crippen LogP contribution is 2.31. The van der Waals surface area contributed by atoms with Crippen LogP contribution >= 0.6 is 27.3 Å². The van der Waals surface area contributed by atoms with Crippen LogP contribution in [0.15, 0.2) is 28.2 Å². The monoisotopic (exact) mass is 311 g/mol. The van der Waals surface area contributed by atoms with Crippen LogP contribution in [0.2, 0.25) is 0 Å². The van der Waals surface area contributed by atoms with Crippen molar-refractivity contribution in [2.24, 2.45) is 0 Å². The maximum atomic E-state index is 11.1. The second kappa shape index (κ2) is 4.98. The minimum Gasteiger partial charge on any atom is -0.477 e. The van der Waals surface area contributed by atoms with Crippen molar-refractivity contribution in [3.8, 4) is 11.3 Å². The van der Waals surface area contributed by atoms with Crippen molar-refractivity contribution in [2.75, 3.05) is 0 Å². The molecule has 2 aromatic rings. The van der Waals surface area contributed by atoms with Crippen molar-refractivity contribution in [3.63, 3.8) is 0 Å². The summed E-state index contributed by atoms with van der Waals surface area (Å²) in [4.78, 5) is 15.6. The number of carboxylic acid groups (broad SMARTS) is 1. The highest BCUT2D eigenvalue weighted by Gasteiger charge is 2.17. The lowest BCUT2D eigenvalue weighted by molar-refractivity contribution is 0.0702. The highest BCUT2D eigenvalue weighted by atomic mass is 79.9. The number of rotatable bonds is 3. The average molecular weight is 312 g/mol. The molecular weight excluding hydrogens is 302 g/mol. The molecule has 1 heterocycles. The summed E-state index contributed by atoms with van der Waals surface area (Å²) < 4.78 is 0.587. The van der Waals surface area contributed by atoms with Crippen molar-refractivity contribution in [3.05, 3.63) is 38.6 Å². The van der Waals surface area contributed by atoms with E-state index in [4.69, 9.17) is 5.11 Å². The molecule has 3 nitrogen and oxygen atoms in total. The number of aryl methyl sites for hydroxylation is 1. The Morgan fingerprint density at radius 3 is 2.59 bits per heavy atom. The van der Waals surface area contributed by atoms with E-state index in [1.54, 1.807) is 0 Å². The number of aromatic nitrogens is 1. The molecule has 0 aliphatic heterocycles. The number of halogens is 1. The Hall–Kier alpha value is -1.20. The van der Waals surface area contributed by atoms with Crippen LogP contribution in [0, 0.1) is 0 Å². The van der Waals surface area contributed by atoms with Gasteiger partial charge < -0.3 is 5.11 Å². The fraction of sp³-hybridized carbons (Fsp3) is 0.167. The molecule has 0 fully saturated rings. The van der Waals surface area contributed by atoms with Gasteiger partial charge in [-0.15, -0.1) is 0 Å². The predicted octanol–water partition coefficient (Wildman–Crippen LogP) is 3.83. The molecule has 88 valence electrons. The first-order valence-corrected chi connectivity index (χ1v) is 6.71. The van der Waals surface area contributed by atoms with Crippen LogP contribution in [-0.2, 0) is 6.42 Å². The SMILES string of the molecule is CCc1ccc(-c2nc(Br)sc2C(=O)O)cc1. The molecule has 0 radical (unpaired) electrons. The molecule has 1 N–H and O–H groups in total. The van der Waals surface area contributed by atoms with E-state index in [1.165, 1.54) is 5.56 Å². The van der Waals surface area contributed by atoms with Gasteiger partial charge in [0.15, 0.2) is 3.92 Å². The van der Waals surface area contributed by atoms with E-state index < -0.39 is 5.97 Å². The Morgan fingerprint density at radius 2 is 2.06 bits per heavy atom. The van der Waals surface area contributed by atoms with Gasteiger partial charge in [-0.05, 0) is 27.9 Å². The molecule has 0 aliphatic carbocycles. The van der Waals surface area contributed by atoms with E-state index in [2.05, 4.69) is 27.8 Å². The Bertz CT molecular complexity index is 548. The van der Waals surface area contributed by atoms with Crippen molar-refractivity contribution in [2.45, 2.75) is 13.3 Å². The molecular formula is C12H10BrNO2S. The van der Waals surface area contributed by atoms with Crippen molar-refractivity contribution in [1.82, 2.24) is 4.98 Å². The van der Waals surface area contributed by atoms with E-state index in [-0.39, 0.29) is 4.88 Å². The predicted molar refractivity (Wildman–Crippen MR) is 71.6 cm³/mol. The second-order valence-corrected chi connectivity index (χ2v) is 5.78. The Balaban J connectivity index is 2.48.